The first-order chi connectivity index (χ1) is 11.0. The summed E-state index contributed by atoms with van der Waals surface area (Å²) < 4.78 is 43.0. The molecule has 1 saturated heterocycles. The molecule has 1 rings (SSSR count). The second-order valence-corrected chi connectivity index (χ2v) is 10.6. The van der Waals surface area contributed by atoms with Gasteiger partial charge in [-0.15, -0.1) is 0 Å². The summed E-state index contributed by atoms with van der Waals surface area (Å²) >= 11 is 3.62. The van der Waals surface area contributed by atoms with Gasteiger partial charge in [0.1, 0.15) is 0 Å². The smallest absolute Gasteiger partial charge is 0.155 e. The molecule has 1 aliphatic rings. The van der Waals surface area contributed by atoms with Gasteiger partial charge < -0.3 is 14.2 Å². The number of rotatable bonds is 10. The predicted octanol–water partition coefficient (Wildman–Crippen LogP) is 2.41. The zero-order chi connectivity index (χ0) is 18.4. The average Bonchev–Trinajstić information content (AvgIpc) is 2.46. The molecule has 0 N–H and O–H groups in total. The van der Waals surface area contributed by atoms with Crippen LogP contribution < -0.4 is 0 Å². The van der Waals surface area contributed by atoms with E-state index >= 15 is 0 Å². The molecule has 1 heterocycles. The van der Waals surface area contributed by atoms with Gasteiger partial charge in [-0.2, -0.15) is 0 Å². The minimum Gasteiger partial charge on any atom is -0.382 e. The van der Waals surface area contributed by atoms with Gasteiger partial charge in [-0.1, -0.05) is 0 Å². The fraction of sp³-hybridized carbons (Fsp3) is 1.00. The minimum absolute atomic E-state index is 0.0597. The molecule has 1 fully saturated rings. The van der Waals surface area contributed by atoms with Crippen molar-refractivity contribution in [1.29, 1.82) is 0 Å². The highest BCUT2D eigenvalue weighted by atomic mass is 79.9. The molecule has 0 aliphatic carbocycles. The van der Waals surface area contributed by atoms with Crippen LogP contribution in [0.25, 0.3) is 0 Å². The van der Waals surface area contributed by atoms with Gasteiger partial charge in [-0.3, -0.25) is 0 Å². The second kappa shape index (κ2) is 9.28. The molecule has 144 valence electrons. The Bertz CT molecular complexity index is 463. The highest BCUT2D eigenvalue weighted by Crippen LogP contribution is 2.43. The standard InChI is InChI=1S/C16H32BrNO5S/c1-15(2)12-14(13-16(3,4)18(15)17)24(19,20)11-10-23-9-8-22-7-6-21-5/h14H,6-13H2,1-5H3. The molecule has 0 radical (unpaired) electrons. The number of halogens is 1. The lowest BCUT2D eigenvalue weighted by Gasteiger charge is -2.51. The monoisotopic (exact) mass is 429 g/mol. The van der Waals surface area contributed by atoms with Crippen molar-refractivity contribution in [2.75, 3.05) is 45.9 Å². The number of hydrogen-bond acceptors (Lipinski definition) is 6. The SMILES string of the molecule is COCCOCCOCCS(=O)(=O)C1CC(C)(C)N(Br)C(C)(C)C1. The van der Waals surface area contributed by atoms with Gasteiger partial charge in [0.25, 0.3) is 0 Å². The van der Waals surface area contributed by atoms with Crippen molar-refractivity contribution < 1.29 is 22.6 Å². The van der Waals surface area contributed by atoms with E-state index in [4.69, 9.17) is 14.2 Å². The molecule has 0 saturated carbocycles. The Morgan fingerprint density at radius 2 is 1.42 bits per heavy atom. The van der Waals surface area contributed by atoms with Crippen molar-refractivity contribution in [1.82, 2.24) is 3.93 Å². The predicted molar refractivity (Wildman–Crippen MR) is 99.2 cm³/mol. The summed E-state index contributed by atoms with van der Waals surface area (Å²) in [4.78, 5) is 0. The maximum absolute atomic E-state index is 12.7. The largest absolute Gasteiger partial charge is 0.382 e. The van der Waals surface area contributed by atoms with Crippen LogP contribution in [0.15, 0.2) is 0 Å². The van der Waals surface area contributed by atoms with Crippen LogP contribution in [0.5, 0.6) is 0 Å². The molecular weight excluding hydrogens is 398 g/mol. The van der Waals surface area contributed by atoms with Gasteiger partial charge in [0.05, 0.1) is 44.0 Å². The summed E-state index contributed by atoms with van der Waals surface area (Å²) in [6, 6.07) is 0. The van der Waals surface area contributed by atoms with E-state index in [1.807, 2.05) is 0 Å². The van der Waals surface area contributed by atoms with Gasteiger partial charge in [0.2, 0.25) is 0 Å². The van der Waals surface area contributed by atoms with Gasteiger partial charge in [0, 0.05) is 34.3 Å². The molecule has 1 aliphatic heterocycles. The van der Waals surface area contributed by atoms with Crippen molar-refractivity contribution in [2.45, 2.75) is 56.9 Å². The molecule has 0 unspecified atom stereocenters. The molecule has 6 nitrogen and oxygen atoms in total. The van der Waals surface area contributed by atoms with Gasteiger partial charge in [-0.25, -0.2) is 12.3 Å². The summed E-state index contributed by atoms with van der Waals surface area (Å²) in [5.41, 5.74) is -0.426. The van der Waals surface area contributed by atoms with Crippen molar-refractivity contribution in [3.8, 4) is 0 Å². The lowest BCUT2D eigenvalue weighted by molar-refractivity contribution is 0.0282. The quantitative estimate of drug-likeness (QED) is 0.392. The lowest BCUT2D eigenvalue weighted by atomic mass is 9.82. The van der Waals surface area contributed by atoms with Gasteiger partial charge >= 0.3 is 0 Å². The average molecular weight is 430 g/mol. The molecular formula is C16H32BrNO5S. The van der Waals surface area contributed by atoms with E-state index < -0.39 is 9.84 Å². The molecule has 0 bridgehead atoms. The minimum atomic E-state index is -3.18. The van der Waals surface area contributed by atoms with Crippen molar-refractivity contribution in [2.24, 2.45) is 0 Å². The number of piperidine rings is 1. The Hall–Kier alpha value is 0.270. The van der Waals surface area contributed by atoms with Crippen LogP contribution in [0.1, 0.15) is 40.5 Å². The fourth-order valence-corrected chi connectivity index (χ4v) is 5.52. The second-order valence-electron chi connectivity index (χ2n) is 7.52. The Balaban J connectivity index is 2.42. The first kappa shape index (κ1) is 22.3. The molecule has 0 aromatic rings. The summed E-state index contributed by atoms with van der Waals surface area (Å²) in [7, 11) is -1.57. The summed E-state index contributed by atoms with van der Waals surface area (Å²) in [5.74, 6) is 0.0597. The van der Waals surface area contributed by atoms with Crippen LogP contribution >= 0.6 is 16.1 Å². The van der Waals surface area contributed by atoms with Crippen molar-refractivity contribution in [3.05, 3.63) is 0 Å². The van der Waals surface area contributed by atoms with Crippen molar-refractivity contribution in [3.63, 3.8) is 0 Å². The van der Waals surface area contributed by atoms with E-state index in [0.29, 0.717) is 39.3 Å². The maximum atomic E-state index is 12.7. The van der Waals surface area contributed by atoms with Crippen LogP contribution in [-0.2, 0) is 24.0 Å². The Morgan fingerprint density at radius 3 is 1.92 bits per heavy atom. The first-order valence-corrected chi connectivity index (χ1v) is 10.8. The maximum Gasteiger partial charge on any atom is 0.155 e. The van der Waals surface area contributed by atoms with E-state index in [-0.39, 0.29) is 28.7 Å². The molecule has 8 heteroatoms. The normalized spacial score (nSPS) is 21.9. The molecule has 0 atom stereocenters. The van der Waals surface area contributed by atoms with E-state index in [1.54, 1.807) is 7.11 Å². The van der Waals surface area contributed by atoms with Gasteiger partial charge in [0.15, 0.2) is 9.84 Å². The van der Waals surface area contributed by atoms with Crippen LogP contribution in [0.2, 0.25) is 0 Å². The highest BCUT2D eigenvalue weighted by Gasteiger charge is 2.48. The summed E-state index contributed by atoms with van der Waals surface area (Å²) in [6.07, 6.45) is 1.23. The van der Waals surface area contributed by atoms with E-state index in [2.05, 4.69) is 47.8 Å². The third kappa shape index (κ3) is 6.53. The van der Waals surface area contributed by atoms with Crippen LogP contribution in [0.3, 0.4) is 0 Å². The highest BCUT2D eigenvalue weighted by molar-refractivity contribution is 9.07. The first-order valence-electron chi connectivity index (χ1n) is 8.35. The van der Waals surface area contributed by atoms with Crippen molar-refractivity contribution >= 4 is 26.0 Å². The third-order valence-electron chi connectivity index (χ3n) is 4.34. The third-order valence-corrected chi connectivity index (χ3v) is 8.35. The number of nitrogens with zero attached hydrogens (tertiary/aromatic N) is 1. The molecule has 24 heavy (non-hydrogen) atoms. The van der Waals surface area contributed by atoms with Gasteiger partial charge in [-0.05, 0) is 40.5 Å². The number of sulfone groups is 1. The zero-order valence-corrected chi connectivity index (χ0v) is 17.9. The van der Waals surface area contributed by atoms with Crippen LogP contribution in [0, 0.1) is 0 Å². The zero-order valence-electron chi connectivity index (χ0n) is 15.5. The Kier molecular flexibility index (Phi) is 8.62. The van der Waals surface area contributed by atoms with E-state index in [0.717, 1.165) is 0 Å². The number of methoxy groups -OCH3 is 1. The molecule has 0 spiro atoms. The number of hydrogen-bond donors (Lipinski definition) is 0. The molecule has 0 amide bonds. The van der Waals surface area contributed by atoms with E-state index in [1.165, 1.54) is 0 Å². The summed E-state index contributed by atoms with van der Waals surface area (Å²) in [5, 5.41) is -0.335. The number of ether oxygens (including phenoxy) is 3. The van der Waals surface area contributed by atoms with E-state index in [9.17, 15) is 8.42 Å². The topological polar surface area (TPSA) is 65.1 Å². The molecule has 0 aromatic carbocycles. The summed E-state index contributed by atoms with van der Waals surface area (Å²) in [6.45, 7) is 10.4. The van der Waals surface area contributed by atoms with Crippen LogP contribution in [0.4, 0.5) is 0 Å². The lowest BCUT2D eigenvalue weighted by Crippen LogP contribution is -2.58. The Labute approximate surface area is 155 Å². The molecule has 0 aromatic heterocycles. The van der Waals surface area contributed by atoms with Crippen LogP contribution in [-0.4, -0.2) is 74.6 Å². The fourth-order valence-electron chi connectivity index (χ4n) is 3.23. The Morgan fingerprint density at radius 1 is 0.958 bits per heavy atom.